The molecule has 206 valence electrons. The molecule has 0 saturated carbocycles. The second-order valence-corrected chi connectivity index (χ2v) is 9.51. The van der Waals surface area contributed by atoms with Gasteiger partial charge in [-0.25, -0.2) is 19.6 Å². The van der Waals surface area contributed by atoms with Gasteiger partial charge < -0.3 is 19.4 Å². The predicted molar refractivity (Wildman–Crippen MR) is 151 cm³/mol. The number of benzene rings is 2. The highest BCUT2D eigenvalue weighted by molar-refractivity contribution is 5.93. The molecular formula is C29H32N8O3. The van der Waals surface area contributed by atoms with E-state index in [9.17, 15) is 9.59 Å². The third-order valence-corrected chi connectivity index (χ3v) is 6.87. The molecule has 0 atom stereocenters. The summed E-state index contributed by atoms with van der Waals surface area (Å²) < 4.78 is 6.90. The fraction of sp³-hybridized carbons (Fsp3) is 0.310. The maximum absolute atomic E-state index is 14.0. The molecule has 2 amide bonds. The minimum atomic E-state index is -0.298. The highest BCUT2D eigenvalue weighted by Crippen LogP contribution is 2.25. The number of aryl methyl sites for hydroxylation is 1. The predicted octanol–water partition coefficient (Wildman–Crippen LogP) is 3.28. The van der Waals surface area contributed by atoms with Gasteiger partial charge in [0.2, 0.25) is 17.7 Å². The molecular weight excluding hydrogens is 508 g/mol. The highest BCUT2D eigenvalue weighted by Gasteiger charge is 2.26. The summed E-state index contributed by atoms with van der Waals surface area (Å²) in [6.45, 7) is 5.74. The highest BCUT2D eigenvalue weighted by atomic mass is 16.5. The van der Waals surface area contributed by atoms with E-state index in [4.69, 9.17) is 4.74 Å². The molecule has 1 aliphatic heterocycles. The summed E-state index contributed by atoms with van der Waals surface area (Å²) in [7, 11) is 1.61. The van der Waals surface area contributed by atoms with Crippen LogP contribution < -0.4 is 14.5 Å². The molecule has 5 rings (SSSR count). The summed E-state index contributed by atoms with van der Waals surface area (Å²) in [6, 6.07) is 16.9. The van der Waals surface area contributed by atoms with Crippen LogP contribution in [0.2, 0.25) is 0 Å². The molecule has 0 radical (unpaired) electrons. The Bertz CT molecular complexity index is 1470. The molecule has 0 bridgehead atoms. The van der Waals surface area contributed by atoms with Gasteiger partial charge in [0.05, 0.1) is 12.8 Å². The van der Waals surface area contributed by atoms with Gasteiger partial charge in [0.15, 0.2) is 0 Å². The van der Waals surface area contributed by atoms with Crippen molar-refractivity contribution in [2.45, 2.75) is 26.8 Å². The molecule has 2 aromatic heterocycles. The van der Waals surface area contributed by atoms with Crippen LogP contribution in [0, 0.1) is 6.92 Å². The van der Waals surface area contributed by atoms with E-state index in [1.807, 2.05) is 60.4 Å². The van der Waals surface area contributed by atoms with Crippen LogP contribution >= 0.6 is 0 Å². The van der Waals surface area contributed by atoms with Crippen molar-refractivity contribution in [1.82, 2.24) is 29.6 Å². The third kappa shape index (κ3) is 5.78. The number of fused-ring (bicyclic) bond motifs is 1. The van der Waals surface area contributed by atoms with Crippen LogP contribution in [0.4, 0.5) is 11.6 Å². The Morgan fingerprint density at radius 1 is 0.900 bits per heavy atom. The van der Waals surface area contributed by atoms with Gasteiger partial charge in [0.25, 0.3) is 5.91 Å². The average molecular weight is 541 g/mol. The van der Waals surface area contributed by atoms with E-state index in [1.54, 1.807) is 47.0 Å². The summed E-state index contributed by atoms with van der Waals surface area (Å²) in [5, 5.41) is 4.57. The number of aromatic nitrogens is 5. The van der Waals surface area contributed by atoms with Gasteiger partial charge in [-0.2, -0.15) is 0 Å². The van der Waals surface area contributed by atoms with E-state index in [1.165, 1.54) is 0 Å². The summed E-state index contributed by atoms with van der Waals surface area (Å²) >= 11 is 0. The minimum absolute atomic E-state index is 0.0531. The molecule has 0 aliphatic carbocycles. The van der Waals surface area contributed by atoms with Crippen LogP contribution in [0.1, 0.15) is 35.4 Å². The molecule has 11 nitrogen and oxygen atoms in total. The number of hydrogen-bond acceptors (Lipinski definition) is 8. The van der Waals surface area contributed by atoms with Gasteiger partial charge in [-0.05, 0) is 55.3 Å². The number of ether oxygens (including phenoxy) is 1. The van der Waals surface area contributed by atoms with Crippen LogP contribution in [0.5, 0.6) is 5.75 Å². The number of carbonyl (C=O) groups excluding carboxylic acids is 2. The quantitative estimate of drug-likeness (QED) is 0.388. The van der Waals surface area contributed by atoms with Crippen molar-refractivity contribution >= 4 is 23.5 Å². The first-order valence-corrected chi connectivity index (χ1v) is 13.2. The lowest BCUT2D eigenvalue weighted by Crippen LogP contribution is -2.39. The van der Waals surface area contributed by atoms with Crippen molar-refractivity contribution in [1.29, 1.82) is 0 Å². The molecule has 0 spiro atoms. The number of methoxy groups -OCH3 is 1. The minimum Gasteiger partial charge on any atom is -0.497 e. The van der Waals surface area contributed by atoms with Gasteiger partial charge in [-0.3, -0.25) is 9.59 Å². The Kier molecular flexibility index (Phi) is 7.99. The summed E-state index contributed by atoms with van der Waals surface area (Å²) in [5.74, 6) is 1.65. The number of para-hydroxylation sites is 1. The lowest BCUT2D eigenvalue weighted by Gasteiger charge is -2.27. The fourth-order valence-corrected chi connectivity index (χ4v) is 4.83. The first kappa shape index (κ1) is 26.8. The Balaban J connectivity index is 1.49. The van der Waals surface area contributed by atoms with Gasteiger partial charge in [-0.15, -0.1) is 5.10 Å². The number of carbonyl (C=O) groups is 2. The topological polar surface area (TPSA) is 110 Å². The Labute approximate surface area is 233 Å². The Morgan fingerprint density at radius 2 is 1.65 bits per heavy atom. The molecule has 40 heavy (non-hydrogen) atoms. The van der Waals surface area contributed by atoms with E-state index >= 15 is 0 Å². The Morgan fingerprint density at radius 3 is 2.38 bits per heavy atom. The van der Waals surface area contributed by atoms with Gasteiger partial charge in [0.1, 0.15) is 11.6 Å². The zero-order chi connectivity index (χ0) is 28.1. The van der Waals surface area contributed by atoms with Gasteiger partial charge in [0, 0.05) is 57.7 Å². The maximum atomic E-state index is 14.0. The standard InChI is InChI=1S/C29H32N8O3/c1-21-32-27(33-37(21)24-10-12-25(40-3)13-11-24)28(39)35-19-18-34(29-30-14-6-15-31-29)16-7-17-36(22(2)38)26-9-5-4-8-23(26)20-35/h4-6,8-15H,7,16-20H2,1-3H3. The Hall–Kier alpha value is -4.80. The molecule has 0 fully saturated rings. The average Bonchev–Trinajstić information content (AvgIpc) is 3.36. The van der Waals surface area contributed by atoms with Crippen molar-refractivity contribution in [3.05, 3.63) is 84.2 Å². The normalized spacial score (nSPS) is 14.3. The van der Waals surface area contributed by atoms with Gasteiger partial charge >= 0.3 is 0 Å². The zero-order valence-corrected chi connectivity index (χ0v) is 22.9. The number of nitrogens with zero attached hydrogens (tertiary/aromatic N) is 8. The van der Waals surface area contributed by atoms with Crippen LogP contribution in [0.25, 0.3) is 5.69 Å². The van der Waals surface area contributed by atoms with Gasteiger partial charge in [-0.1, -0.05) is 18.2 Å². The first-order chi connectivity index (χ1) is 19.4. The second-order valence-electron chi connectivity index (χ2n) is 9.51. The SMILES string of the molecule is COc1ccc(-n2nc(C(=O)N3CCN(c4ncccn4)CCCN(C(C)=O)c4ccccc4C3)nc2C)cc1. The molecule has 0 saturated heterocycles. The monoisotopic (exact) mass is 540 g/mol. The van der Waals surface area contributed by atoms with Crippen LogP contribution in [-0.2, 0) is 11.3 Å². The van der Waals surface area contributed by atoms with Crippen molar-refractivity contribution in [2.24, 2.45) is 0 Å². The molecule has 3 heterocycles. The molecule has 2 aromatic carbocycles. The van der Waals surface area contributed by atoms with E-state index in [-0.39, 0.29) is 17.6 Å². The molecule has 0 unspecified atom stereocenters. The lowest BCUT2D eigenvalue weighted by molar-refractivity contribution is -0.116. The maximum Gasteiger partial charge on any atom is 0.293 e. The van der Waals surface area contributed by atoms with Crippen molar-refractivity contribution in [2.75, 3.05) is 43.1 Å². The summed E-state index contributed by atoms with van der Waals surface area (Å²) in [4.78, 5) is 45.6. The summed E-state index contributed by atoms with van der Waals surface area (Å²) in [5.41, 5.74) is 2.45. The third-order valence-electron chi connectivity index (χ3n) is 6.87. The van der Waals surface area contributed by atoms with Crippen LogP contribution in [-0.4, -0.2) is 74.7 Å². The number of amides is 2. The van der Waals surface area contributed by atoms with E-state index in [0.29, 0.717) is 50.9 Å². The molecule has 4 aromatic rings. The van der Waals surface area contributed by atoms with E-state index in [0.717, 1.165) is 22.7 Å². The summed E-state index contributed by atoms with van der Waals surface area (Å²) in [6.07, 6.45) is 4.12. The lowest BCUT2D eigenvalue weighted by atomic mass is 10.1. The number of rotatable bonds is 4. The van der Waals surface area contributed by atoms with Crippen LogP contribution in [0.3, 0.4) is 0 Å². The molecule has 1 aliphatic rings. The largest absolute Gasteiger partial charge is 0.497 e. The van der Waals surface area contributed by atoms with Crippen molar-refractivity contribution in [3.63, 3.8) is 0 Å². The fourth-order valence-electron chi connectivity index (χ4n) is 4.83. The van der Waals surface area contributed by atoms with E-state index < -0.39 is 0 Å². The van der Waals surface area contributed by atoms with Crippen molar-refractivity contribution < 1.29 is 14.3 Å². The zero-order valence-electron chi connectivity index (χ0n) is 22.9. The molecule has 0 N–H and O–H groups in total. The van der Waals surface area contributed by atoms with Crippen LogP contribution in [0.15, 0.2) is 67.0 Å². The number of hydrogen-bond donors (Lipinski definition) is 0. The van der Waals surface area contributed by atoms with E-state index in [2.05, 4.69) is 20.1 Å². The van der Waals surface area contributed by atoms with Crippen molar-refractivity contribution in [3.8, 4) is 11.4 Å². The first-order valence-electron chi connectivity index (χ1n) is 13.2. The number of anilines is 2. The second kappa shape index (κ2) is 11.9. The molecule has 11 heteroatoms. The smallest absolute Gasteiger partial charge is 0.293 e.